The molecule has 0 saturated carbocycles. The summed E-state index contributed by atoms with van der Waals surface area (Å²) < 4.78 is 5.96. The molecule has 0 radical (unpaired) electrons. The third kappa shape index (κ3) is 4.74. The smallest absolute Gasteiger partial charge is 0.300 e. The summed E-state index contributed by atoms with van der Waals surface area (Å²) in [5, 5.41) is 11.4. The standard InChI is InChI=1S/C31H26N2O4/c1-20-10-13-25(14-11-20)33-28(24-9-6-16-32-18-24)27(30(35)31(33)36)29(34)23-12-15-26(21(2)17-23)37-19-22-7-4-3-5-8-22/h3-18,28,34H,19H2,1-2H3/b29-27-. The minimum Gasteiger partial charge on any atom is -0.507 e. The van der Waals surface area contributed by atoms with E-state index in [0.717, 1.165) is 16.7 Å². The first-order valence-corrected chi connectivity index (χ1v) is 12.0. The van der Waals surface area contributed by atoms with E-state index in [1.165, 1.54) is 4.90 Å². The second-order valence-corrected chi connectivity index (χ2v) is 9.05. The third-order valence-electron chi connectivity index (χ3n) is 6.44. The van der Waals surface area contributed by atoms with E-state index in [1.807, 2.05) is 56.3 Å². The molecule has 37 heavy (non-hydrogen) atoms. The zero-order valence-corrected chi connectivity index (χ0v) is 20.6. The molecule has 184 valence electrons. The molecular formula is C31H26N2O4. The Labute approximate surface area is 215 Å². The minimum absolute atomic E-state index is 0.0240. The van der Waals surface area contributed by atoms with Crippen LogP contribution in [-0.4, -0.2) is 21.8 Å². The van der Waals surface area contributed by atoms with Gasteiger partial charge in [0.15, 0.2) is 0 Å². The molecule has 0 spiro atoms. The molecule has 1 saturated heterocycles. The van der Waals surface area contributed by atoms with Gasteiger partial charge >= 0.3 is 0 Å². The molecule has 3 aromatic carbocycles. The van der Waals surface area contributed by atoms with Crippen molar-refractivity contribution in [3.8, 4) is 5.75 Å². The van der Waals surface area contributed by atoms with Crippen molar-refractivity contribution < 1.29 is 19.4 Å². The highest BCUT2D eigenvalue weighted by Gasteiger charge is 2.47. The van der Waals surface area contributed by atoms with Crippen LogP contribution in [0.1, 0.15) is 33.9 Å². The van der Waals surface area contributed by atoms with Crippen molar-refractivity contribution in [3.63, 3.8) is 0 Å². The molecule has 1 amide bonds. The molecule has 1 aliphatic rings. The number of carbonyl (C=O) groups excluding carboxylic acids is 2. The number of hydrogen-bond acceptors (Lipinski definition) is 5. The van der Waals surface area contributed by atoms with Crippen molar-refractivity contribution in [1.29, 1.82) is 0 Å². The Hall–Kier alpha value is -4.71. The molecular weight excluding hydrogens is 464 g/mol. The Kier molecular flexibility index (Phi) is 6.56. The van der Waals surface area contributed by atoms with E-state index in [2.05, 4.69) is 4.98 Å². The van der Waals surface area contributed by atoms with E-state index in [1.54, 1.807) is 54.9 Å². The van der Waals surface area contributed by atoms with Crippen LogP contribution in [0.4, 0.5) is 5.69 Å². The minimum atomic E-state index is -0.814. The number of aliphatic hydroxyl groups excluding tert-OH is 1. The topological polar surface area (TPSA) is 79.7 Å². The normalized spacial score (nSPS) is 16.7. The summed E-state index contributed by atoms with van der Waals surface area (Å²) in [6.45, 7) is 4.24. The predicted octanol–water partition coefficient (Wildman–Crippen LogP) is 5.90. The number of benzene rings is 3. The van der Waals surface area contributed by atoms with E-state index in [0.29, 0.717) is 29.2 Å². The number of aromatic nitrogens is 1. The van der Waals surface area contributed by atoms with E-state index in [4.69, 9.17) is 4.74 Å². The number of aliphatic hydroxyl groups is 1. The van der Waals surface area contributed by atoms with Gasteiger partial charge in [-0.05, 0) is 66.9 Å². The summed E-state index contributed by atoms with van der Waals surface area (Å²) in [6, 6.07) is 25.1. The van der Waals surface area contributed by atoms with Gasteiger partial charge in [-0.15, -0.1) is 0 Å². The van der Waals surface area contributed by atoms with Crippen molar-refractivity contribution in [3.05, 3.63) is 131 Å². The van der Waals surface area contributed by atoms with Crippen LogP contribution >= 0.6 is 0 Å². The Morgan fingerprint density at radius 1 is 0.946 bits per heavy atom. The predicted molar refractivity (Wildman–Crippen MR) is 142 cm³/mol. The molecule has 6 heteroatoms. The Morgan fingerprint density at radius 2 is 1.70 bits per heavy atom. The van der Waals surface area contributed by atoms with Gasteiger partial charge in [-0.2, -0.15) is 0 Å². The lowest BCUT2D eigenvalue weighted by molar-refractivity contribution is -0.132. The van der Waals surface area contributed by atoms with Gasteiger partial charge < -0.3 is 9.84 Å². The summed E-state index contributed by atoms with van der Waals surface area (Å²) in [5.41, 5.74) is 4.52. The number of rotatable bonds is 6. The van der Waals surface area contributed by atoms with Crippen molar-refractivity contribution in [2.45, 2.75) is 26.5 Å². The quantitative estimate of drug-likeness (QED) is 0.207. The molecule has 4 aromatic rings. The number of ether oxygens (including phenoxy) is 1. The van der Waals surface area contributed by atoms with Crippen LogP contribution in [-0.2, 0) is 16.2 Å². The number of aryl methyl sites for hydroxylation is 2. The summed E-state index contributed by atoms with van der Waals surface area (Å²) in [6.07, 6.45) is 3.23. The number of anilines is 1. The van der Waals surface area contributed by atoms with Gasteiger partial charge in [-0.25, -0.2) is 0 Å². The lowest BCUT2D eigenvalue weighted by atomic mass is 9.95. The fraction of sp³-hybridized carbons (Fsp3) is 0.129. The molecule has 1 aliphatic heterocycles. The van der Waals surface area contributed by atoms with E-state index in [-0.39, 0.29) is 11.3 Å². The molecule has 0 bridgehead atoms. The highest BCUT2D eigenvalue weighted by atomic mass is 16.5. The van der Waals surface area contributed by atoms with Crippen molar-refractivity contribution in [2.24, 2.45) is 0 Å². The van der Waals surface area contributed by atoms with Crippen LogP contribution in [0.3, 0.4) is 0 Å². The maximum atomic E-state index is 13.3. The van der Waals surface area contributed by atoms with Crippen LogP contribution < -0.4 is 9.64 Å². The van der Waals surface area contributed by atoms with Gasteiger partial charge in [0.2, 0.25) is 0 Å². The van der Waals surface area contributed by atoms with Crippen LogP contribution in [0.15, 0.2) is 103 Å². The number of amides is 1. The molecule has 1 fully saturated rings. The summed E-state index contributed by atoms with van der Waals surface area (Å²) in [4.78, 5) is 32.2. The van der Waals surface area contributed by atoms with Crippen LogP contribution in [0.5, 0.6) is 5.75 Å². The summed E-state index contributed by atoms with van der Waals surface area (Å²) in [7, 11) is 0. The number of carbonyl (C=O) groups is 2. The largest absolute Gasteiger partial charge is 0.507 e. The van der Waals surface area contributed by atoms with E-state index in [9.17, 15) is 14.7 Å². The maximum absolute atomic E-state index is 13.3. The first-order chi connectivity index (χ1) is 17.9. The van der Waals surface area contributed by atoms with Gasteiger partial charge in [-0.3, -0.25) is 19.5 Å². The molecule has 5 rings (SSSR count). The van der Waals surface area contributed by atoms with Crippen LogP contribution in [0.2, 0.25) is 0 Å². The van der Waals surface area contributed by atoms with Gasteiger partial charge in [0.1, 0.15) is 18.1 Å². The van der Waals surface area contributed by atoms with Crippen LogP contribution in [0, 0.1) is 13.8 Å². The lowest BCUT2D eigenvalue weighted by Crippen LogP contribution is -2.29. The first kappa shape index (κ1) is 24.0. The Balaban J connectivity index is 1.54. The van der Waals surface area contributed by atoms with E-state index < -0.39 is 17.7 Å². The van der Waals surface area contributed by atoms with Gasteiger partial charge in [0.05, 0.1) is 11.6 Å². The second kappa shape index (κ2) is 10.1. The van der Waals surface area contributed by atoms with Crippen molar-refractivity contribution in [2.75, 3.05) is 4.90 Å². The average Bonchev–Trinajstić information content (AvgIpc) is 3.19. The summed E-state index contributed by atoms with van der Waals surface area (Å²) in [5.74, 6) is -1.00. The number of Topliss-reactive ketones (excluding diaryl/α,β-unsaturated/α-hetero) is 1. The molecule has 6 nitrogen and oxygen atoms in total. The highest BCUT2D eigenvalue weighted by Crippen LogP contribution is 2.42. The fourth-order valence-corrected chi connectivity index (χ4v) is 4.51. The number of ketones is 1. The van der Waals surface area contributed by atoms with E-state index >= 15 is 0 Å². The monoisotopic (exact) mass is 490 g/mol. The molecule has 1 aromatic heterocycles. The number of hydrogen-bond donors (Lipinski definition) is 1. The zero-order valence-electron chi connectivity index (χ0n) is 20.6. The molecule has 1 atom stereocenters. The second-order valence-electron chi connectivity index (χ2n) is 9.05. The Morgan fingerprint density at radius 3 is 2.38 bits per heavy atom. The van der Waals surface area contributed by atoms with Crippen molar-refractivity contribution >= 4 is 23.1 Å². The summed E-state index contributed by atoms with van der Waals surface area (Å²) >= 11 is 0. The highest BCUT2D eigenvalue weighted by molar-refractivity contribution is 6.51. The molecule has 1 unspecified atom stereocenters. The lowest BCUT2D eigenvalue weighted by Gasteiger charge is -2.25. The SMILES string of the molecule is Cc1ccc(N2C(=O)C(=O)/C(=C(\O)c3ccc(OCc4ccccc4)c(C)c3)C2c2cccnc2)cc1. The third-order valence-corrected chi connectivity index (χ3v) is 6.44. The van der Waals surface area contributed by atoms with Gasteiger partial charge in [0, 0.05) is 23.6 Å². The van der Waals surface area contributed by atoms with Crippen molar-refractivity contribution in [1.82, 2.24) is 4.98 Å². The molecule has 2 heterocycles. The molecule has 1 N–H and O–H groups in total. The number of nitrogens with zero attached hydrogens (tertiary/aromatic N) is 2. The Bertz CT molecular complexity index is 1480. The van der Waals surface area contributed by atoms with Gasteiger partial charge in [0.25, 0.3) is 11.7 Å². The van der Waals surface area contributed by atoms with Gasteiger partial charge in [-0.1, -0.05) is 54.1 Å². The number of pyridine rings is 1. The first-order valence-electron chi connectivity index (χ1n) is 12.0. The average molecular weight is 491 g/mol. The zero-order chi connectivity index (χ0) is 25.9. The van der Waals surface area contributed by atoms with Crippen LogP contribution in [0.25, 0.3) is 5.76 Å². The maximum Gasteiger partial charge on any atom is 0.300 e. The molecule has 0 aliphatic carbocycles. The fourth-order valence-electron chi connectivity index (χ4n) is 4.51.